The van der Waals surface area contributed by atoms with Crippen molar-refractivity contribution in [3.8, 4) is 0 Å². The second kappa shape index (κ2) is 8.46. The lowest BCUT2D eigenvalue weighted by atomic mass is 10.0. The summed E-state index contributed by atoms with van der Waals surface area (Å²) in [6.07, 6.45) is 4.61. The zero-order chi connectivity index (χ0) is 21.1. The largest absolute Gasteiger partial charge is 0.382 e. The number of nitrogens with one attached hydrogen (secondary N) is 3. The first-order chi connectivity index (χ1) is 13.9. The predicted molar refractivity (Wildman–Crippen MR) is 113 cm³/mol. The van der Waals surface area contributed by atoms with Crippen molar-refractivity contribution >= 4 is 40.9 Å². The third kappa shape index (κ3) is 4.31. The number of likely N-dealkylation sites (N-methyl/N-ethyl adjacent to an activating group) is 1. The lowest BCUT2D eigenvalue weighted by Crippen LogP contribution is -2.51. The quantitative estimate of drug-likeness (QED) is 0.633. The standard InChI is InChI=1S/C21H27N5O3/c1-13-12-25(21(29)15-4-5-15)19-8-16(6-7-18(19)26(13)14(2)27)17(9-22)10-24-11-20(28)23-3/h6-10,13,15,22,24H,4-5,11-12H2,1-3H3,(H,23,28)/b17-10+,22-9?. The molecule has 29 heavy (non-hydrogen) atoms. The number of fused-ring (bicyclic) bond motifs is 1. The average molecular weight is 397 g/mol. The number of anilines is 2. The molecule has 154 valence electrons. The van der Waals surface area contributed by atoms with Crippen LogP contribution in [0.2, 0.25) is 0 Å². The zero-order valence-electron chi connectivity index (χ0n) is 17.0. The van der Waals surface area contributed by atoms with Crippen molar-refractivity contribution in [2.45, 2.75) is 32.7 Å². The van der Waals surface area contributed by atoms with Crippen LogP contribution in [0, 0.1) is 11.3 Å². The van der Waals surface area contributed by atoms with E-state index in [4.69, 9.17) is 5.41 Å². The number of allylic oxidation sites excluding steroid dienone is 1. The van der Waals surface area contributed by atoms with Crippen LogP contribution in [0.4, 0.5) is 11.4 Å². The van der Waals surface area contributed by atoms with E-state index in [1.54, 1.807) is 23.0 Å². The van der Waals surface area contributed by atoms with Gasteiger partial charge in [0.1, 0.15) is 0 Å². The van der Waals surface area contributed by atoms with Crippen molar-refractivity contribution in [1.29, 1.82) is 5.41 Å². The van der Waals surface area contributed by atoms with E-state index >= 15 is 0 Å². The fraction of sp³-hybridized carbons (Fsp3) is 0.429. The van der Waals surface area contributed by atoms with Crippen LogP contribution in [0.3, 0.4) is 0 Å². The van der Waals surface area contributed by atoms with E-state index in [-0.39, 0.29) is 36.2 Å². The van der Waals surface area contributed by atoms with Gasteiger partial charge in [0, 0.05) is 44.4 Å². The van der Waals surface area contributed by atoms with Crippen molar-refractivity contribution in [3.63, 3.8) is 0 Å². The maximum Gasteiger partial charge on any atom is 0.239 e. The molecule has 0 aromatic heterocycles. The van der Waals surface area contributed by atoms with Gasteiger partial charge in [-0.25, -0.2) is 0 Å². The average Bonchev–Trinajstić information content (AvgIpc) is 3.54. The Kier molecular flexibility index (Phi) is 6.00. The molecule has 0 radical (unpaired) electrons. The van der Waals surface area contributed by atoms with Crippen LogP contribution < -0.4 is 20.4 Å². The molecule has 3 amide bonds. The minimum absolute atomic E-state index is 0.0644. The van der Waals surface area contributed by atoms with Crippen LogP contribution in [-0.2, 0) is 14.4 Å². The Balaban J connectivity index is 1.98. The van der Waals surface area contributed by atoms with E-state index in [2.05, 4.69) is 10.6 Å². The lowest BCUT2D eigenvalue weighted by molar-refractivity contribution is -0.121. The third-order valence-corrected chi connectivity index (χ3v) is 5.23. The summed E-state index contributed by atoms with van der Waals surface area (Å²) in [5, 5.41) is 13.2. The maximum atomic E-state index is 12.9. The molecule has 1 aromatic carbocycles. The van der Waals surface area contributed by atoms with Gasteiger partial charge in [0.25, 0.3) is 0 Å². The molecule has 0 spiro atoms. The van der Waals surface area contributed by atoms with Gasteiger partial charge < -0.3 is 25.8 Å². The number of carbonyl (C=O) groups excluding carboxylic acids is 3. The number of carbonyl (C=O) groups is 3. The van der Waals surface area contributed by atoms with Crippen LogP contribution >= 0.6 is 0 Å². The van der Waals surface area contributed by atoms with Crippen LogP contribution in [-0.4, -0.2) is 50.1 Å². The molecule has 1 heterocycles. The molecule has 1 fully saturated rings. The first kappa shape index (κ1) is 20.6. The van der Waals surface area contributed by atoms with Crippen molar-refractivity contribution in [2.75, 3.05) is 29.9 Å². The Bertz CT molecular complexity index is 875. The van der Waals surface area contributed by atoms with Crippen LogP contribution in [0.25, 0.3) is 5.57 Å². The molecule has 3 rings (SSSR count). The number of amides is 3. The Labute approximate surface area is 170 Å². The summed E-state index contributed by atoms with van der Waals surface area (Å²) in [5.41, 5.74) is 2.70. The fourth-order valence-corrected chi connectivity index (χ4v) is 3.59. The molecule has 2 aliphatic rings. The monoisotopic (exact) mass is 397 g/mol. The summed E-state index contributed by atoms with van der Waals surface area (Å²) in [6.45, 7) is 4.01. The molecular weight excluding hydrogens is 370 g/mol. The van der Waals surface area contributed by atoms with Gasteiger partial charge in [0.2, 0.25) is 17.7 Å². The van der Waals surface area contributed by atoms with Crippen molar-refractivity contribution < 1.29 is 14.4 Å². The van der Waals surface area contributed by atoms with Gasteiger partial charge in [-0.3, -0.25) is 14.4 Å². The maximum absolute atomic E-state index is 12.9. The van der Waals surface area contributed by atoms with Gasteiger partial charge in [-0.2, -0.15) is 0 Å². The van der Waals surface area contributed by atoms with Gasteiger partial charge in [0.05, 0.1) is 24.0 Å². The van der Waals surface area contributed by atoms with Crippen LogP contribution in [0.1, 0.15) is 32.3 Å². The minimum Gasteiger partial charge on any atom is -0.382 e. The van der Waals surface area contributed by atoms with Gasteiger partial charge in [-0.1, -0.05) is 6.07 Å². The Morgan fingerprint density at radius 3 is 2.55 bits per heavy atom. The van der Waals surface area contributed by atoms with Crippen LogP contribution in [0.15, 0.2) is 24.4 Å². The first-order valence-electron chi connectivity index (χ1n) is 9.77. The van der Waals surface area contributed by atoms with E-state index in [1.807, 2.05) is 25.1 Å². The summed E-state index contributed by atoms with van der Waals surface area (Å²) < 4.78 is 0. The van der Waals surface area contributed by atoms with Gasteiger partial charge in [-0.15, -0.1) is 0 Å². The Hall–Kier alpha value is -3.16. The first-order valence-corrected chi connectivity index (χ1v) is 9.77. The third-order valence-electron chi connectivity index (χ3n) is 5.23. The summed E-state index contributed by atoms with van der Waals surface area (Å²) in [6, 6.07) is 5.38. The molecular formula is C21H27N5O3. The van der Waals surface area contributed by atoms with E-state index < -0.39 is 0 Å². The molecule has 8 nitrogen and oxygen atoms in total. The van der Waals surface area contributed by atoms with Gasteiger partial charge in [-0.05, 0) is 37.5 Å². The second-order valence-electron chi connectivity index (χ2n) is 7.46. The summed E-state index contributed by atoms with van der Waals surface area (Å²) >= 11 is 0. The topological polar surface area (TPSA) is 106 Å². The number of nitrogens with zero attached hydrogens (tertiary/aromatic N) is 2. The molecule has 8 heteroatoms. The van der Waals surface area contributed by atoms with E-state index in [0.29, 0.717) is 23.5 Å². The molecule has 1 aliphatic carbocycles. The molecule has 0 saturated heterocycles. The highest BCUT2D eigenvalue weighted by Gasteiger charge is 2.39. The predicted octanol–water partition coefficient (Wildman–Crippen LogP) is 1.51. The highest BCUT2D eigenvalue weighted by molar-refractivity contribution is 6.11. The lowest BCUT2D eigenvalue weighted by Gasteiger charge is -2.41. The van der Waals surface area contributed by atoms with Crippen molar-refractivity contribution in [2.24, 2.45) is 5.92 Å². The molecule has 1 aromatic rings. The fourth-order valence-electron chi connectivity index (χ4n) is 3.59. The number of benzene rings is 1. The molecule has 1 atom stereocenters. The molecule has 1 saturated carbocycles. The zero-order valence-corrected chi connectivity index (χ0v) is 17.0. The smallest absolute Gasteiger partial charge is 0.239 e. The van der Waals surface area contributed by atoms with Crippen LogP contribution in [0.5, 0.6) is 0 Å². The normalized spacial score (nSPS) is 18.7. The molecule has 0 bridgehead atoms. The van der Waals surface area contributed by atoms with Crippen molar-refractivity contribution in [3.05, 3.63) is 30.0 Å². The number of hydrogen-bond donors (Lipinski definition) is 3. The highest BCUT2D eigenvalue weighted by Crippen LogP contribution is 2.41. The highest BCUT2D eigenvalue weighted by atomic mass is 16.2. The van der Waals surface area contributed by atoms with Crippen molar-refractivity contribution in [1.82, 2.24) is 10.6 Å². The molecule has 1 unspecified atom stereocenters. The molecule has 3 N–H and O–H groups in total. The summed E-state index contributed by atoms with van der Waals surface area (Å²) in [7, 11) is 1.56. The van der Waals surface area contributed by atoms with E-state index in [0.717, 1.165) is 18.4 Å². The summed E-state index contributed by atoms with van der Waals surface area (Å²) in [4.78, 5) is 40.0. The minimum atomic E-state index is -0.164. The van der Waals surface area contributed by atoms with Gasteiger partial charge in [0.15, 0.2) is 0 Å². The van der Waals surface area contributed by atoms with E-state index in [1.165, 1.54) is 13.1 Å². The Morgan fingerprint density at radius 1 is 1.24 bits per heavy atom. The summed E-state index contributed by atoms with van der Waals surface area (Å²) in [5.74, 6) is -0.0745. The number of rotatable bonds is 6. The van der Waals surface area contributed by atoms with E-state index in [9.17, 15) is 14.4 Å². The second-order valence-corrected chi connectivity index (χ2v) is 7.46. The number of hydrogen-bond acceptors (Lipinski definition) is 5. The molecule has 1 aliphatic heterocycles. The Morgan fingerprint density at radius 2 is 1.97 bits per heavy atom. The van der Waals surface area contributed by atoms with Gasteiger partial charge >= 0.3 is 0 Å². The SMILES string of the molecule is CNC(=O)CN/C=C(\C=N)c1ccc2c(c1)N(C(=O)C1CC1)CC(C)N2C(C)=O.